The Labute approximate surface area is 165 Å². The summed E-state index contributed by atoms with van der Waals surface area (Å²) in [5, 5.41) is 8.61. The standard InChI is InChI=1S/C22H27N3O3/c1-16-13-24(14-17(2)25(16)15-19-6-4-3-5-7-19)22(27)20-10-8-18(9-11-20)12-21(26)23-28/h3-11,16-17,28H,12-15H2,1-2H3,(H,23,26)/t16-,17+. The number of benzene rings is 2. The van der Waals surface area contributed by atoms with Crippen molar-refractivity contribution >= 4 is 11.8 Å². The van der Waals surface area contributed by atoms with Crippen molar-refractivity contribution in [2.75, 3.05) is 13.1 Å². The molecule has 6 heteroatoms. The molecule has 148 valence electrons. The number of carbonyl (C=O) groups excluding carboxylic acids is 2. The Balaban J connectivity index is 1.63. The number of hydrogen-bond acceptors (Lipinski definition) is 4. The average Bonchev–Trinajstić information content (AvgIpc) is 2.71. The SMILES string of the molecule is C[C@@H]1CN(C(=O)c2ccc(CC(=O)NO)cc2)C[C@H](C)N1Cc1ccccc1. The van der Waals surface area contributed by atoms with Gasteiger partial charge in [0.1, 0.15) is 0 Å². The number of carbonyl (C=O) groups is 2. The average molecular weight is 381 g/mol. The molecule has 2 aromatic rings. The van der Waals surface area contributed by atoms with E-state index in [1.807, 2.05) is 11.0 Å². The molecule has 2 amide bonds. The smallest absolute Gasteiger partial charge is 0.253 e. The summed E-state index contributed by atoms with van der Waals surface area (Å²) in [6, 6.07) is 17.9. The minimum absolute atomic E-state index is 0.0104. The molecular formula is C22H27N3O3. The molecule has 0 aromatic heterocycles. The normalized spacial score (nSPS) is 20.0. The van der Waals surface area contributed by atoms with Crippen LogP contribution in [0.3, 0.4) is 0 Å². The van der Waals surface area contributed by atoms with Gasteiger partial charge in [0.05, 0.1) is 6.42 Å². The van der Waals surface area contributed by atoms with E-state index in [1.54, 1.807) is 29.7 Å². The molecule has 28 heavy (non-hydrogen) atoms. The van der Waals surface area contributed by atoms with E-state index >= 15 is 0 Å². The zero-order valence-electron chi connectivity index (χ0n) is 16.3. The van der Waals surface area contributed by atoms with E-state index in [1.165, 1.54) is 5.56 Å². The summed E-state index contributed by atoms with van der Waals surface area (Å²) < 4.78 is 0. The van der Waals surface area contributed by atoms with Crippen LogP contribution in [-0.4, -0.2) is 52.0 Å². The lowest BCUT2D eigenvalue weighted by Gasteiger charge is -2.44. The molecular weight excluding hydrogens is 354 g/mol. The monoisotopic (exact) mass is 381 g/mol. The fraction of sp³-hybridized carbons (Fsp3) is 0.364. The molecule has 2 atom stereocenters. The van der Waals surface area contributed by atoms with E-state index in [0.29, 0.717) is 18.7 Å². The third-order valence-electron chi connectivity index (χ3n) is 5.29. The molecule has 1 aliphatic heterocycles. The molecule has 1 fully saturated rings. The molecule has 0 unspecified atom stereocenters. The topological polar surface area (TPSA) is 72.9 Å². The second-order valence-electron chi connectivity index (χ2n) is 7.47. The fourth-order valence-electron chi connectivity index (χ4n) is 3.80. The van der Waals surface area contributed by atoms with E-state index in [4.69, 9.17) is 5.21 Å². The Morgan fingerprint density at radius 1 is 0.964 bits per heavy atom. The van der Waals surface area contributed by atoms with Gasteiger partial charge in [-0.2, -0.15) is 0 Å². The molecule has 0 bridgehead atoms. The van der Waals surface area contributed by atoms with Gasteiger partial charge in [-0.15, -0.1) is 0 Å². The van der Waals surface area contributed by atoms with E-state index in [9.17, 15) is 9.59 Å². The number of nitrogens with one attached hydrogen (secondary N) is 1. The van der Waals surface area contributed by atoms with Gasteiger partial charge in [0, 0.05) is 37.3 Å². The van der Waals surface area contributed by atoms with Crippen LogP contribution in [0.15, 0.2) is 54.6 Å². The summed E-state index contributed by atoms with van der Waals surface area (Å²) in [5.41, 5.74) is 4.26. The van der Waals surface area contributed by atoms with Crippen molar-refractivity contribution < 1.29 is 14.8 Å². The summed E-state index contributed by atoms with van der Waals surface area (Å²) >= 11 is 0. The molecule has 0 saturated carbocycles. The predicted octanol–water partition coefficient (Wildman–Crippen LogP) is 2.47. The van der Waals surface area contributed by atoms with Gasteiger partial charge in [0.15, 0.2) is 0 Å². The van der Waals surface area contributed by atoms with Crippen LogP contribution < -0.4 is 5.48 Å². The molecule has 0 aliphatic carbocycles. The van der Waals surface area contributed by atoms with E-state index in [0.717, 1.165) is 12.1 Å². The minimum atomic E-state index is -0.476. The Bertz CT molecular complexity index is 796. The molecule has 3 rings (SSSR count). The van der Waals surface area contributed by atoms with Gasteiger partial charge < -0.3 is 4.90 Å². The van der Waals surface area contributed by atoms with Crippen LogP contribution in [0.5, 0.6) is 0 Å². The lowest BCUT2D eigenvalue weighted by Crippen LogP contribution is -2.57. The number of rotatable bonds is 5. The van der Waals surface area contributed by atoms with Crippen LogP contribution in [0.2, 0.25) is 0 Å². The van der Waals surface area contributed by atoms with Crippen molar-refractivity contribution in [3.8, 4) is 0 Å². The van der Waals surface area contributed by atoms with Crippen molar-refractivity contribution in [3.63, 3.8) is 0 Å². The van der Waals surface area contributed by atoms with Gasteiger partial charge in [-0.25, -0.2) is 5.48 Å². The van der Waals surface area contributed by atoms with Gasteiger partial charge in [-0.3, -0.25) is 19.7 Å². The highest BCUT2D eigenvalue weighted by molar-refractivity contribution is 5.94. The Morgan fingerprint density at radius 3 is 2.14 bits per heavy atom. The van der Waals surface area contributed by atoms with Crippen LogP contribution in [0.4, 0.5) is 0 Å². The molecule has 1 aliphatic rings. The third kappa shape index (κ3) is 4.77. The van der Waals surface area contributed by atoms with Crippen LogP contribution >= 0.6 is 0 Å². The summed E-state index contributed by atoms with van der Waals surface area (Å²) in [6.45, 7) is 6.58. The van der Waals surface area contributed by atoms with Crippen LogP contribution in [-0.2, 0) is 17.8 Å². The van der Waals surface area contributed by atoms with Crippen LogP contribution in [0, 0.1) is 0 Å². The lowest BCUT2D eigenvalue weighted by atomic mass is 10.0. The molecule has 1 saturated heterocycles. The third-order valence-corrected chi connectivity index (χ3v) is 5.29. The first-order chi connectivity index (χ1) is 13.5. The van der Waals surface area contributed by atoms with Crippen molar-refractivity contribution in [1.29, 1.82) is 0 Å². The molecule has 1 heterocycles. The first-order valence-corrected chi connectivity index (χ1v) is 9.58. The molecule has 2 aromatic carbocycles. The predicted molar refractivity (Wildman–Crippen MR) is 107 cm³/mol. The second-order valence-corrected chi connectivity index (χ2v) is 7.47. The molecule has 0 radical (unpaired) electrons. The summed E-state index contributed by atoms with van der Waals surface area (Å²) in [5.74, 6) is -0.465. The maximum Gasteiger partial charge on any atom is 0.253 e. The zero-order chi connectivity index (χ0) is 20.1. The van der Waals surface area contributed by atoms with E-state index in [-0.39, 0.29) is 24.4 Å². The maximum atomic E-state index is 12.9. The Morgan fingerprint density at radius 2 is 1.57 bits per heavy atom. The van der Waals surface area contributed by atoms with Gasteiger partial charge in [0.25, 0.3) is 5.91 Å². The van der Waals surface area contributed by atoms with Gasteiger partial charge in [-0.1, -0.05) is 42.5 Å². The fourth-order valence-corrected chi connectivity index (χ4v) is 3.80. The number of hydroxylamine groups is 1. The van der Waals surface area contributed by atoms with Gasteiger partial charge in [0.2, 0.25) is 5.91 Å². The Kier molecular flexibility index (Phi) is 6.44. The highest BCUT2D eigenvalue weighted by Gasteiger charge is 2.32. The second kappa shape index (κ2) is 8.99. The lowest BCUT2D eigenvalue weighted by molar-refractivity contribution is -0.128. The first kappa shape index (κ1) is 20.0. The molecule has 0 spiro atoms. The highest BCUT2D eigenvalue weighted by atomic mass is 16.5. The van der Waals surface area contributed by atoms with Crippen LogP contribution in [0.25, 0.3) is 0 Å². The molecule has 2 N–H and O–H groups in total. The molecule has 6 nitrogen and oxygen atoms in total. The van der Waals surface area contributed by atoms with Gasteiger partial charge in [-0.05, 0) is 37.1 Å². The number of hydrogen-bond donors (Lipinski definition) is 2. The summed E-state index contributed by atoms with van der Waals surface area (Å²) in [7, 11) is 0. The number of amides is 2. The zero-order valence-corrected chi connectivity index (χ0v) is 16.3. The van der Waals surface area contributed by atoms with Crippen molar-refractivity contribution in [2.45, 2.75) is 38.9 Å². The minimum Gasteiger partial charge on any atom is -0.336 e. The first-order valence-electron chi connectivity index (χ1n) is 9.58. The van der Waals surface area contributed by atoms with Crippen LogP contribution in [0.1, 0.15) is 35.3 Å². The highest BCUT2D eigenvalue weighted by Crippen LogP contribution is 2.21. The maximum absolute atomic E-state index is 12.9. The van der Waals surface area contributed by atoms with Gasteiger partial charge >= 0.3 is 0 Å². The number of nitrogens with zero attached hydrogens (tertiary/aromatic N) is 2. The van der Waals surface area contributed by atoms with Crippen molar-refractivity contribution in [1.82, 2.24) is 15.3 Å². The summed E-state index contributed by atoms with van der Waals surface area (Å²) in [4.78, 5) is 28.5. The van der Waals surface area contributed by atoms with Crippen molar-refractivity contribution in [2.24, 2.45) is 0 Å². The summed E-state index contributed by atoms with van der Waals surface area (Å²) in [6.07, 6.45) is 0.0806. The van der Waals surface area contributed by atoms with E-state index < -0.39 is 5.91 Å². The Hall–Kier alpha value is -2.70. The quantitative estimate of drug-likeness (QED) is 0.616. The largest absolute Gasteiger partial charge is 0.336 e. The van der Waals surface area contributed by atoms with Crippen molar-refractivity contribution in [3.05, 3.63) is 71.3 Å². The number of piperazine rings is 1. The van der Waals surface area contributed by atoms with E-state index in [2.05, 4.69) is 43.0 Å².